The third-order valence-electron chi connectivity index (χ3n) is 5.30. The normalized spacial score (nSPS) is 11.0. The maximum absolute atomic E-state index is 14.2. The quantitative estimate of drug-likeness (QED) is 0.462. The molecule has 0 saturated heterocycles. The van der Waals surface area contributed by atoms with Crippen molar-refractivity contribution in [3.05, 3.63) is 117 Å². The molecule has 4 rings (SSSR count). The Bertz CT molecular complexity index is 1300. The average molecular weight is 385 g/mol. The Hall–Kier alpha value is -3.53. The first-order valence-electron chi connectivity index (χ1n) is 9.43. The number of ketones is 1. The molecule has 4 heteroatoms. The van der Waals surface area contributed by atoms with E-state index in [-0.39, 0.29) is 29.1 Å². The lowest BCUT2D eigenvalue weighted by molar-refractivity contribution is 0.103. The van der Waals surface area contributed by atoms with E-state index in [9.17, 15) is 14.0 Å². The number of aryl methyl sites for hydroxylation is 2. The van der Waals surface area contributed by atoms with Gasteiger partial charge in [-0.2, -0.15) is 0 Å². The summed E-state index contributed by atoms with van der Waals surface area (Å²) in [5.41, 5.74) is 3.47. The second kappa shape index (κ2) is 7.47. The fraction of sp³-hybridized carbons (Fsp3) is 0.120. The number of hydrogen-bond donors (Lipinski definition) is 0. The zero-order chi connectivity index (χ0) is 20.5. The van der Waals surface area contributed by atoms with E-state index in [1.165, 1.54) is 6.07 Å². The monoisotopic (exact) mass is 385 g/mol. The molecule has 0 spiro atoms. The van der Waals surface area contributed by atoms with Crippen LogP contribution in [0.5, 0.6) is 0 Å². The van der Waals surface area contributed by atoms with Crippen molar-refractivity contribution in [2.24, 2.45) is 0 Å². The number of hydrogen-bond acceptors (Lipinski definition) is 2. The van der Waals surface area contributed by atoms with Crippen molar-refractivity contribution in [1.29, 1.82) is 0 Å². The van der Waals surface area contributed by atoms with Crippen molar-refractivity contribution in [3.63, 3.8) is 0 Å². The molecule has 0 unspecified atom stereocenters. The number of aromatic nitrogens is 1. The van der Waals surface area contributed by atoms with Crippen molar-refractivity contribution < 1.29 is 9.18 Å². The predicted molar refractivity (Wildman–Crippen MR) is 113 cm³/mol. The second-order valence-corrected chi connectivity index (χ2v) is 7.24. The molecule has 0 N–H and O–H groups in total. The lowest BCUT2D eigenvalue weighted by atomic mass is 9.98. The van der Waals surface area contributed by atoms with Crippen LogP contribution in [-0.4, -0.2) is 10.4 Å². The van der Waals surface area contributed by atoms with Crippen LogP contribution < -0.4 is 5.43 Å². The van der Waals surface area contributed by atoms with E-state index in [1.54, 1.807) is 53.2 Å². The maximum atomic E-state index is 14.2. The number of rotatable bonds is 4. The summed E-state index contributed by atoms with van der Waals surface area (Å²) in [4.78, 5) is 26.2. The molecule has 4 aromatic rings. The SMILES string of the molecule is Cc1ccc(C(=O)c2cn(Cc3ccccc3F)c3ccccc3c2=O)cc1C. The van der Waals surface area contributed by atoms with Gasteiger partial charge in [-0.05, 0) is 49.2 Å². The van der Waals surface area contributed by atoms with Gasteiger partial charge in [0.2, 0.25) is 5.43 Å². The Balaban J connectivity index is 1.90. The summed E-state index contributed by atoms with van der Waals surface area (Å²) in [6.45, 7) is 4.13. The smallest absolute Gasteiger partial charge is 0.200 e. The summed E-state index contributed by atoms with van der Waals surface area (Å²) in [5.74, 6) is -0.650. The maximum Gasteiger partial charge on any atom is 0.200 e. The summed E-state index contributed by atoms with van der Waals surface area (Å²) in [7, 11) is 0. The number of fused-ring (bicyclic) bond motifs is 1. The number of carbonyl (C=O) groups excluding carboxylic acids is 1. The minimum Gasteiger partial charge on any atom is -0.342 e. The topological polar surface area (TPSA) is 39.1 Å². The van der Waals surface area contributed by atoms with Crippen LogP contribution in [0.2, 0.25) is 0 Å². The van der Waals surface area contributed by atoms with E-state index >= 15 is 0 Å². The minimum atomic E-state index is -0.328. The van der Waals surface area contributed by atoms with Gasteiger partial charge >= 0.3 is 0 Å². The van der Waals surface area contributed by atoms with Gasteiger partial charge in [-0.15, -0.1) is 0 Å². The highest BCUT2D eigenvalue weighted by Gasteiger charge is 2.18. The molecule has 1 aromatic heterocycles. The van der Waals surface area contributed by atoms with Gasteiger partial charge in [0.25, 0.3) is 0 Å². The number of nitrogens with zero attached hydrogens (tertiary/aromatic N) is 1. The van der Waals surface area contributed by atoms with Gasteiger partial charge in [0, 0.05) is 22.7 Å². The molecule has 0 atom stereocenters. The van der Waals surface area contributed by atoms with E-state index in [0.717, 1.165) is 11.1 Å². The number of para-hydroxylation sites is 1. The molecular weight excluding hydrogens is 365 g/mol. The van der Waals surface area contributed by atoms with Crippen molar-refractivity contribution in [2.75, 3.05) is 0 Å². The number of benzene rings is 3. The number of halogens is 1. The number of pyridine rings is 1. The average Bonchev–Trinajstić information content (AvgIpc) is 2.73. The third kappa shape index (κ3) is 3.49. The molecule has 0 amide bonds. The van der Waals surface area contributed by atoms with Gasteiger partial charge < -0.3 is 4.57 Å². The molecule has 1 heterocycles. The van der Waals surface area contributed by atoms with Crippen LogP contribution in [0, 0.1) is 19.7 Å². The van der Waals surface area contributed by atoms with Crippen LogP contribution in [-0.2, 0) is 6.54 Å². The first kappa shape index (κ1) is 18.8. The van der Waals surface area contributed by atoms with E-state index in [2.05, 4.69) is 0 Å². The highest BCUT2D eigenvalue weighted by molar-refractivity contribution is 6.10. The van der Waals surface area contributed by atoms with Crippen LogP contribution in [0.1, 0.15) is 32.6 Å². The van der Waals surface area contributed by atoms with Crippen LogP contribution in [0.3, 0.4) is 0 Å². The molecule has 0 fully saturated rings. The molecule has 0 aliphatic carbocycles. The van der Waals surface area contributed by atoms with E-state index in [0.29, 0.717) is 22.0 Å². The van der Waals surface area contributed by atoms with E-state index < -0.39 is 0 Å². The first-order chi connectivity index (χ1) is 14.0. The van der Waals surface area contributed by atoms with Crippen molar-refractivity contribution in [2.45, 2.75) is 20.4 Å². The van der Waals surface area contributed by atoms with E-state index in [4.69, 9.17) is 0 Å². The molecular formula is C25H20FNO2. The summed E-state index contributed by atoms with van der Waals surface area (Å²) in [5, 5.41) is 0.443. The van der Waals surface area contributed by atoms with Gasteiger partial charge in [0.1, 0.15) is 5.82 Å². The standard InChI is InChI=1S/C25H20FNO2/c1-16-11-12-18(13-17(16)2)24(28)21-15-27(14-19-7-3-5-9-22(19)26)23-10-6-4-8-20(23)25(21)29/h3-13,15H,14H2,1-2H3. The molecule has 3 nitrogen and oxygen atoms in total. The Morgan fingerprint density at radius 3 is 2.41 bits per heavy atom. The zero-order valence-corrected chi connectivity index (χ0v) is 16.3. The molecule has 144 valence electrons. The van der Waals surface area contributed by atoms with Crippen LogP contribution in [0.25, 0.3) is 10.9 Å². The largest absolute Gasteiger partial charge is 0.342 e. The lowest BCUT2D eigenvalue weighted by Gasteiger charge is -2.14. The predicted octanol–water partition coefficient (Wildman–Crippen LogP) is 5.04. The fourth-order valence-corrected chi connectivity index (χ4v) is 3.49. The summed E-state index contributed by atoms with van der Waals surface area (Å²) in [6.07, 6.45) is 1.55. The van der Waals surface area contributed by atoms with Gasteiger partial charge in [-0.1, -0.05) is 42.5 Å². The van der Waals surface area contributed by atoms with Crippen molar-refractivity contribution >= 4 is 16.7 Å². The third-order valence-corrected chi connectivity index (χ3v) is 5.30. The molecule has 0 saturated carbocycles. The van der Waals surface area contributed by atoms with Gasteiger partial charge in [0.15, 0.2) is 5.78 Å². The first-order valence-corrected chi connectivity index (χ1v) is 9.43. The second-order valence-electron chi connectivity index (χ2n) is 7.24. The molecule has 0 bridgehead atoms. The highest BCUT2D eigenvalue weighted by Crippen LogP contribution is 2.18. The fourth-order valence-electron chi connectivity index (χ4n) is 3.49. The Morgan fingerprint density at radius 1 is 0.931 bits per heavy atom. The lowest BCUT2D eigenvalue weighted by Crippen LogP contribution is -2.20. The Kier molecular flexibility index (Phi) is 4.85. The molecule has 29 heavy (non-hydrogen) atoms. The Morgan fingerprint density at radius 2 is 1.66 bits per heavy atom. The van der Waals surface area contributed by atoms with Crippen molar-refractivity contribution in [3.8, 4) is 0 Å². The van der Waals surface area contributed by atoms with Crippen LogP contribution >= 0.6 is 0 Å². The zero-order valence-electron chi connectivity index (χ0n) is 16.3. The van der Waals surface area contributed by atoms with E-state index in [1.807, 2.05) is 32.0 Å². The Labute approximate surface area is 168 Å². The van der Waals surface area contributed by atoms with Gasteiger partial charge in [-0.3, -0.25) is 9.59 Å². The molecule has 0 aliphatic rings. The van der Waals surface area contributed by atoms with Crippen LogP contribution in [0.15, 0.2) is 77.7 Å². The summed E-state index contributed by atoms with van der Waals surface area (Å²) in [6, 6.07) is 19.0. The van der Waals surface area contributed by atoms with Crippen LogP contribution in [0.4, 0.5) is 4.39 Å². The molecule has 0 aliphatic heterocycles. The number of carbonyl (C=O) groups is 1. The molecule has 0 radical (unpaired) electrons. The van der Waals surface area contributed by atoms with Crippen molar-refractivity contribution in [1.82, 2.24) is 4.57 Å². The highest BCUT2D eigenvalue weighted by atomic mass is 19.1. The van der Waals surface area contributed by atoms with Gasteiger partial charge in [0.05, 0.1) is 17.6 Å². The summed E-state index contributed by atoms with van der Waals surface area (Å²) < 4.78 is 16.0. The van der Waals surface area contributed by atoms with Gasteiger partial charge in [-0.25, -0.2) is 4.39 Å². The minimum absolute atomic E-state index is 0.0864. The molecule has 3 aromatic carbocycles. The summed E-state index contributed by atoms with van der Waals surface area (Å²) >= 11 is 0.